The van der Waals surface area contributed by atoms with Crippen molar-refractivity contribution in [3.63, 3.8) is 0 Å². The summed E-state index contributed by atoms with van der Waals surface area (Å²) in [5, 5.41) is 7.55. The van der Waals surface area contributed by atoms with E-state index >= 15 is 0 Å². The number of aryl methyl sites for hydroxylation is 6. The van der Waals surface area contributed by atoms with Crippen LogP contribution in [-0.2, 0) is 0 Å². The highest BCUT2D eigenvalue weighted by atomic mass is 14.7. The Morgan fingerprint density at radius 3 is 0.812 bits per heavy atom. The Balaban J connectivity index is 1.06. The second-order valence-electron chi connectivity index (χ2n) is 18.2. The standard InChI is InChI=1S/C60H48BN3/c1-34-28-40(43-19-13-22-49-46-16-7-10-25-52(46)62-58(43)49)29-35(2)55(34)61(56-36(3)30-41(31-37(56)4)44-20-14-23-50-47-17-8-11-26-53(47)63-59(44)50)57-38(5)32-42(33-39(57)6)45-21-15-24-51-48-18-9-12-27-54(48)64-60(45)51/h7-33,62-64H,1-6H3. The van der Waals surface area contributed by atoms with Gasteiger partial charge in [0.15, 0.2) is 0 Å². The molecule has 3 heterocycles. The van der Waals surface area contributed by atoms with Crippen molar-refractivity contribution in [2.45, 2.75) is 41.5 Å². The molecule has 306 valence electrons. The average molecular weight is 822 g/mol. The molecule has 64 heavy (non-hydrogen) atoms. The summed E-state index contributed by atoms with van der Waals surface area (Å²) in [5.41, 5.74) is 26.4. The molecule has 0 atom stereocenters. The first-order valence-corrected chi connectivity index (χ1v) is 22.5. The lowest BCUT2D eigenvalue weighted by Gasteiger charge is -2.28. The number of aromatic nitrogens is 3. The molecular weight excluding hydrogens is 773 g/mol. The predicted molar refractivity (Wildman–Crippen MR) is 277 cm³/mol. The van der Waals surface area contributed by atoms with Crippen LogP contribution in [0.25, 0.3) is 98.8 Å². The summed E-state index contributed by atoms with van der Waals surface area (Å²) in [6.45, 7) is 14.0. The van der Waals surface area contributed by atoms with Crippen LogP contribution >= 0.6 is 0 Å². The minimum atomic E-state index is 0.00811. The normalized spacial score (nSPS) is 11.9. The fourth-order valence-corrected chi connectivity index (χ4v) is 11.5. The summed E-state index contributed by atoms with van der Waals surface area (Å²) in [7, 11) is 0. The van der Waals surface area contributed by atoms with Crippen LogP contribution in [0.3, 0.4) is 0 Å². The predicted octanol–water partition coefficient (Wildman–Crippen LogP) is 14.0. The van der Waals surface area contributed by atoms with Gasteiger partial charge in [-0.1, -0.05) is 195 Å². The molecule has 3 aromatic heterocycles. The molecule has 12 rings (SSSR count). The van der Waals surface area contributed by atoms with E-state index < -0.39 is 0 Å². The summed E-state index contributed by atoms with van der Waals surface area (Å²) >= 11 is 0. The topological polar surface area (TPSA) is 47.4 Å². The molecule has 0 saturated heterocycles. The van der Waals surface area contributed by atoms with Crippen molar-refractivity contribution >= 4 is 88.5 Å². The van der Waals surface area contributed by atoms with Crippen molar-refractivity contribution in [2.24, 2.45) is 0 Å². The highest BCUT2D eigenvalue weighted by molar-refractivity contribution is 6.97. The molecule has 4 heteroatoms. The fraction of sp³-hybridized carbons (Fsp3) is 0.100. The van der Waals surface area contributed by atoms with Crippen LogP contribution in [0.5, 0.6) is 0 Å². The lowest BCUT2D eigenvalue weighted by Crippen LogP contribution is -2.57. The highest BCUT2D eigenvalue weighted by Gasteiger charge is 2.32. The molecule has 0 amide bonds. The fourth-order valence-electron chi connectivity index (χ4n) is 11.5. The van der Waals surface area contributed by atoms with Gasteiger partial charge in [0.2, 0.25) is 6.71 Å². The number of rotatable bonds is 6. The van der Waals surface area contributed by atoms with Crippen LogP contribution in [0.4, 0.5) is 0 Å². The zero-order valence-electron chi connectivity index (χ0n) is 37.2. The number of para-hydroxylation sites is 6. The summed E-state index contributed by atoms with van der Waals surface area (Å²) < 4.78 is 0. The van der Waals surface area contributed by atoms with Gasteiger partial charge in [-0.3, -0.25) is 0 Å². The van der Waals surface area contributed by atoms with Gasteiger partial charge in [0.05, 0.1) is 16.6 Å². The molecule has 3 N–H and O–H groups in total. The van der Waals surface area contributed by atoms with Crippen LogP contribution < -0.4 is 16.4 Å². The quantitative estimate of drug-likeness (QED) is 0.140. The first-order valence-electron chi connectivity index (χ1n) is 22.5. The van der Waals surface area contributed by atoms with Crippen molar-refractivity contribution < 1.29 is 0 Å². The Morgan fingerprint density at radius 2 is 0.531 bits per heavy atom. The van der Waals surface area contributed by atoms with Crippen LogP contribution in [-0.4, -0.2) is 21.7 Å². The van der Waals surface area contributed by atoms with Crippen LogP contribution in [0.2, 0.25) is 0 Å². The van der Waals surface area contributed by atoms with Gasteiger partial charge < -0.3 is 15.0 Å². The maximum atomic E-state index is 3.77. The van der Waals surface area contributed by atoms with E-state index in [-0.39, 0.29) is 6.71 Å². The van der Waals surface area contributed by atoms with Crippen molar-refractivity contribution in [3.8, 4) is 33.4 Å². The molecule has 0 bridgehead atoms. The van der Waals surface area contributed by atoms with E-state index in [9.17, 15) is 0 Å². The van der Waals surface area contributed by atoms with Gasteiger partial charge in [-0.25, -0.2) is 0 Å². The average Bonchev–Trinajstić information content (AvgIpc) is 3.99. The van der Waals surface area contributed by atoms with E-state index in [0.29, 0.717) is 0 Å². The second-order valence-corrected chi connectivity index (χ2v) is 18.2. The molecule has 0 radical (unpaired) electrons. The Labute approximate surface area is 373 Å². The molecule has 0 aliphatic carbocycles. The minimum absolute atomic E-state index is 0.00811. The number of H-pyrrole nitrogens is 3. The number of benzene rings is 9. The van der Waals surface area contributed by atoms with Crippen molar-refractivity contribution in [3.05, 3.63) is 197 Å². The molecule has 0 saturated carbocycles. The Kier molecular flexibility index (Phi) is 8.65. The largest absolute Gasteiger partial charge is 0.354 e. The first kappa shape index (κ1) is 38.1. The van der Waals surface area contributed by atoms with Crippen LogP contribution in [0.15, 0.2) is 164 Å². The third-order valence-electron chi connectivity index (χ3n) is 14.2. The van der Waals surface area contributed by atoms with Gasteiger partial charge in [-0.2, -0.15) is 0 Å². The molecule has 0 aliphatic heterocycles. The molecule has 0 unspecified atom stereocenters. The van der Waals surface area contributed by atoms with Crippen LogP contribution in [0.1, 0.15) is 33.4 Å². The smallest absolute Gasteiger partial charge is 0.243 e. The highest BCUT2D eigenvalue weighted by Crippen LogP contribution is 2.37. The second kappa shape index (κ2) is 14.5. The molecule has 3 nitrogen and oxygen atoms in total. The maximum absolute atomic E-state index is 3.77. The zero-order chi connectivity index (χ0) is 43.4. The molecule has 12 aromatic rings. The third kappa shape index (κ3) is 5.82. The van der Waals surface area contributed by atoms with E-state index in [1.54, 1.807) is 0 Å². The number of aromatic amines is 3. The Bertz CT molecular complexity index is 3400. The van der Waals surface area contributed by atoms with Gasteiger partial charge in [0.1, 0.15) is 0 Å². The molecule has 0 fully saturated rings. The first-order chi connectivity index (χ1) is 31.2. The van der Waals surface area contributed by atoms with Gasteiger partial charge in [-0.05, 0) is 76.4 Å². The van der Waals surface area contributed by atoms with Gasteiger partial charge >= 0.3 is 0 Å². The summed E-state index contributed by atoms with van der Waals surface area (Å²) in [5.74, 6) is 0. The molecule has 0 spiro atoms. The molecule has 9 aromatic carbocycles. The SMILES string of the molecule is Cc1cc(-c2cccc3c2[nH]c2ccccc23)cc(C)c1B(c1c(C)cc(-c2cccc3c2[nH]c2ccccc23)cc1C)c1c(C)cc(-c2cccc3c2[nH]c2ccccc23)cc1C. The summed E-state index contributed by atoms with van der Waals surface area (Å²) in [6.07, 6.45) is 0. The summed E-state index contributed by atoms with van der Waals surface area (Å²) in [4.78, 5) is 11.3. The number of hydrogen-bond acceptors (Lipinski definition) is 0. The van der Waals surface area contributed by atoms with E-state index in [2.05, 4.69) is 220 Å². The summed E-state index contributed by atoms with van der Waals surface area (Å²) in [6, 6.07) is 60.6. The number of hydrogen-bond donors (Lipinski definition) is 3. The third-order valence-corrected chi connectivity index (χ3v) is 14.2. The van der Waals surface area contributed by atoms with Crippen molar-refractivity contribution in [1.29, 1.82) is 0 Å². The lowest BCUT2D eigenvalue weighted by molar-refractivity contribution is 1.38. The van der Waals surface area contributed by atoms with Gasteiger partial charge in [-0.15, -0.1) is 0 Å². The monoisotopic (exact) mass is 821 g/mol. The van der Waals surface area contributed by atoms with Crippen molar-refractivity contribution in [1.82, 2.24) is 15.0 Å². The van der Waals surface area contributed by atoms with E-state index in [1.807, 2.05) is 0 Å². The lowest BCUT2D eigenvalue weighted by atomic mass is 9.33. The maximum Gasteiger partial charge on any atom is 0.243 e. The molecule has 0 aliphatic rings. The zero-order valence-corrected chi connectivity index (χ0v) is 37.2. The van der Waals surface area contributed by atoms with Crippen LogP contribution in [0, 0.1) is 41.5 Å². The van der Waals surface area contributed by atoms with E-state index in [4.69, 9.17) is 0 Å². The van der Waals surface area contributed by atoms with Gasteiger partial charge in [0.25, 0.3) is 0 Å². The van der Waals surface area contributed by atoms with E-state index in [1.165, 1.54) is 149 Å². The number of fused-ring (bicyclic) bond motifs is 9. The van der Waals surface area contributed by atoms with Crippen molar-refractivity contribution in [2.75, 3.05) is 0 Å². The Morgan fingerprint density at radius 1 is 0.281 bits per heavy atom. The van der Waals surface area contributed by atoms with Gasteiger partial charge in [0, 0.05) is 65.6 Å². The minimum Gasteiger partial charge on any atom is -0.354 e. The molecular formula is C60H48BN3. The number of nitrogens with one attached hydrogen (secondary N) is 3. The Hall–Kier alpha value is -7.56. The van der Waals surface area contributed by atoms with E-state index in [0.717, 1.165) is 0 Å².